The summed E-state index contributed by atoms with van der Waals surface area (Å²) in [6.07, 6.45) is 3.85. The monoisotopic (exact) mass is 225 g/mol. The summed E-state index contributed by atoms with van der Waals surface area (Å²) in [5.74, 6) is 0.649. The molecule has 2 rings (SSSR count). The number of aryl methyl sites for hydroxylation is 1. The molecule has 0 saturated heterocycles. The van der Waals surface area contributed by atoms with Crippen LogP contribution in [0.2, 0.25) is 0 Å². The van der Waals surface area contributed by atoms with Crippen LogP contribution in [0.25, 0.3) is 0 Å². The highest BCUT2D eigenvalue weighted by molar-refractivity contribution is 4.90. The normalized spacial score (nSPS) is 14.4. The van der Waals surface area contributed by atoms with E-state index >= 15 is 0 Å². The summed E-state index contributed by atoms with van der Waals surface area (Å²) in [5, 5.41) is 0. The van der Waals surface area contributed by atoms with E-state index in [2.05, 4.69) is 4.98 Å². The molecule has 16 heavy (non-hydrogen) atoms. The van der Waals surface area contributed by atoms with Crippen LogP contribution in [0.15, 0.2) is 9.59 Å². The Hall–Kier alpha value is -1.39. The Bertz CT molecular complexity index is 459. The van der Waals surface area contributed by atoms with Gasteiger partial charge < -0.3 is 0 Å². The standard InChI is InChI=1S/C9H13N3O2.C2H6/c1-11-8(13)10-7-5-3-2-4-6-12(7)9(11)14;1-2/h2-6H2,1H3;1-2H3. The van der Waals surface area contributed by atoms with Crippen LogP contribution in [-0.4, -0.2) is 14.1 Å². The number of nitrogens with zero attached hydrogens (tertiary/aromatic N) is 3. The molecule has 1 aromatic rings. The minimum atomic E-state index is -0.442. The van der Waals surface area contributed by atoms with Gasteiger partial charge in [0, 0.05) is 20.0 Å². The number of aromatic nitrogens is 3. The van der Waals surface area contributed by atoms with Gasteiger partial charge in [-0.3, -0.25) is 4.57 Å². The molecule has 0 spiro atoms. The highest BCUT2D eigenvalue weighted by Crippen LogP contribution is 2.08. The predicted octanol–water partition coefficient (Wildman–Crippen LogP) is 0.695. The van der Waals surface area contributed by atoms with Crippen LogP contribution >= 0.6 is 0 Å². The van der Waals surface area contributed by atoms with Crippen molar-refractivity contribution in [2.24, 2.45) is 7.05 Å². The lowest BCUT2D eigenvalue weighted by Gasteiger charge is -2.08. The van der Waals surface area contributed by atoms with Gasteiger partial charge in [-0.05, 0) is 12.8 Å². The van der Waals surface area contributed by atoms with Gasteiger partial charge in [-0.15, -0.1) is 0 Å². The van der Waals surface area contributed by atoms with E-state index in [1.165, 1.54) is 7.05 Å². The lowest BCUT2D eigenvalue weighted by molar-refractivity contribution is 0.545. The molecule has 2 heterocycles. The van der Waals surface area contributed by atoms with Gasteiger partial charge in [0.2, 0.25) is 0 Å². The van der Waals surface area contributed by atoms with E-state index < -0.39 is 5.69 Å². The molecule has 5 heteroatoms. The number of hydrogen-bond donors (Lipinski definition) is 0. The molecule has 0 aliphatic carbocycles. The van der Waals surface area contributed by atoms with E-state index in [-0.39, 0.29) is 5.69 Å². The van der Waals surface area contributed by atoms with Gasteiger partial charge in [-0.1, -0.05) is 20.3 Å². The summed E-state index contributed by atoms with van der Waals surface area (Å²) in [6, 6.07) is 0. The van der Waals surface area contributed by atoms with E-state index in [0.717, 1.165) is 30.3 Å². The number of rotatable bonds is 0. The van der Waals surface area contributed by atoms with Crippen LogP contribution < -0.4 is 11.4 Å². The Kier molecular flexibility index (Phi) is 4.46. The smallest absolute Gasteiger partial charge is 0.281 e. The van der Waals surface area contributed by atoms with Crippen molar-refractivity contribution in [3.63, 3.8) is 0 Å². The third kappa shape index (κ3) is 2.40. The molecule has 0 radical (unpaired) electrons. The molecule has 0 atom stereocenters. The maximum Gasteiger partial charge on any atom is 0.353 e. The molecule has 0 unspecified atom stereocenters. The Morgan fingerprint density at radius 1 is 1.12 bits per heavy atom. The SMILES string of the molecule is CC.Cn1c(=O)nc2n(c1=O)CCCCC2. The van der Waals surface area contributed by atoms with Gasteiger partial charge >= 0.3 is 11.4 Å². The molecule has 5 nitrogen and oxygen atoms in total. The zero-order valence-electron chi connectivity index (χ0n) is 10.2. The van der Waals surface area contributed by atoms with E-state index in [1.807, 2.05) is 13.8 Å². The lowest BCUT2D eigenvalue weighted by Crippen LogP contribution is -2.41. The molecule has 0 N–H and O–H groups in total. The van der Waals surface area contributed by atoms with E-state index in [0.29, 0.717) is 12.4 Å². The van der Waals surface area contributed by atoms with E-state index in [4.69, 9.17) is 0 Å². The fourth-order valence-corrected chi connectivity index (χ4v) is 1.76. The number of fused-ring (bicyclic) bond motifs is 1. The average Bonchev–Trinajstić information content (AvgIpc) is 2.54. The van der Waals surface area contributed by atoms with Crippen LogP contribution in [0.5, 0.6) is 0 Å². The third-order valence-electron chi connectivity index (χ3n) is 2.62. The summed E-state index contributed by atoms with van der Waals surface area (Å²) in [6.45, 7) is 4.69. The van der Waals surface area contributed by atoms with Crippen molar-refractivity contribution in [3.05, 3.63) is 26.8 Å². The summed E-state index contributed by atoms with van der Waals surface area (Å²) < 4.78 is 2.68. The first-order valence-electron chi connectivity index (χ1n) is 5.87. The maximum atomic E-state index is 11.7. The lowest BCUT2D eigenvalue weighted by atomic mass is 10.2. The first kappa shape index (κ1) is 12.7. The largest absolute Gasteiger partial charge is 0.353 e. The van der Waals surface area contributed by atoms with Crippen molar-refractivity contribution >= 4 is 0 Å². The fraction of sp³-hybridized carbons (Fsp3) is 0.727. The molecule has 1 aromatic heterocycles. The van der Waals surface area contributed by atoms with Gasteiger partial charge in [-0.25, -0.2) is 14.2 Å². The zero-order chi connectivity index (χ0) is 12.1. The highest BCUT2D eigenvalue weighted by atomic mass is 16.2. The fourth-order valence-electron chi connectivity index (χ4n) is 1.76. The summed E-state index contributed by atoms with van der Waals surface area (Å²) >= 11 is 0. The Labute approximate surface area is 94.8 Å². The Morgan fingerprint density at radius 3 is 2.50 bits per heavy atom. The molecule has 0 amide bonds. The first-order chi connectivity index (χ1) is 7.70. The molecular formula is C11H19N3O2. The third-order valence-corrected chi connectivity index (χ3v) is 2.62. The minimum Gasteiger partial charge on any atom is -0.281 e. The second kappa shape index (κ2) is 5.63. The predicted molar refractivity (Wildman–Crippen MR) is 62.6 cm³/mol. The van der Waals surface area contributed by atoms with Crippen molar-refractivity contribution in [1.29, 1.82) is 0 Å². The second-order valence-electron chi connectivity index (χ2n) is 3.61. The van der Waals surface area contributed by atoms with Gasteiger partial charge in [-0.2, -0.15) is 4.98 Å². The highest BCUT2D eigenvalue weighted by Gasteiger charge is 2.12. The van der Waals surface area contributed by atoms with Crippen LogP contribution in [0.3, 0.4) is 0 Å². The average molecular weight is 225 g/mol. The van der Waals surface area contributed by atoms with Gasteiger partial charge in [0.05, 0.1) is 0 Å². The van der Waals surface area contributed by atoms with Gasteiger partial charge in [0.1, 0.15) is 5.82 Å². The summed E-state index contributed by atoms with van der Waals surface area (Å²) in [7, 11) is 1.47. The van der Waals surface area contributed by atoms with Crippen LogP contribution in [0, 0.1) is 0 Å². The van der Waals surface area contributed by atoms with Crippen molar-refractivity contribution in [2.45, 2.75) is 46.1 Å². The Balaban J connectivity index is 0.000000606. The Morgan fingerprint density at radius 2 is 1.81 bits per heavy atom. The topological polar surface area (TPSA) is 56.9 Å². The molecule has 0 saturated carbocycles. The van der Waals surface area contributed by atoms with Crippen molar-refractivity contribution in [3.8, 4) is 0 Å². The molecule has 0 fully saturated rings. The molecule has 90 valence electrons. The molecule has 1 aliphatic rings. The van der Waals surface area contributed by atoms with Crippen molar-refractivity contribution < 1.29 is 0 Å². The van der Waals surface area contributed by atoms with Crippen LogP contribution in [0.1, 0.15) is 38.9 Å². The molecule has 1 aliphatic heterocycles. The second-order valence-corrected chi connectivity index (χ2v) is 3.61. The van der Waals surface area contributed by atoms with E-state index in [1.54, 1.807) is 4.57 Å². The first-order valence-corrected chi connectivity index (χ1v) is 5.87. The molecular weight excluding hydrogens is 206 g/mol. The van der Waals surface area contributed by atoms with Crippen LogP contribution in [-0.2, 0) is 20.0 Å². The minimum absolute atomic E-state index is 0.234. The number of hydrogen-bond acceptors (Lipinski definition) is 3. The quantitative estimate of drug-likeness (QED) is 0.653. The van der Waals surface area contributed by atoms with Crippen molar-refractivity contribution in [1.82, 2.24) is 14.1 Å². The van der Waals surface area contributed by atoms with Gasteiger partial charge in [0.25, 0.3) is 0 Å². The van der Waals surface area contributed by atoms with E-state index in [9.17, 15) is 9.59 Å². The van der Waals surface area contributed by atoms with Gasteiger partial charge in [0.15, 0.2) is 0 Å². The van der Waals surface area contributed by atoms with Crippen LogP contribution in [0.4, 0.5) is 0 Å². The summed E-state index contributed by atoms with van der Waals surface area (Å²) in [5.41, 5.74) is -0.676. The zero-order valence-corrected chi connectivity index (χ0v) is 10.2. The maximum absolute atomic E-state index is 11.7. The van der Waals surface area contributed by atoms with Crippen molar-refractivity contribution in [2.75, 3.05) is 0 Å². The summed E-state index contributed by atoms with van der Waals surface area (Å²) in [4.78, 5) is 26.8. The molecule has 0 bridgehead atoms. The molecule has 0 aromatic carbocycles.